The molecular weight excluding hydrogens is 1020 g/mol. The van der Waals surface area contributed by atoms with Crippen LogP contribution < -0.4 is 5.32 Å². The molecular formula is C64H79NO15. The van der Waals surface area contributed by atoms with Gasteiger partial charge >= 0.3 is 30.0 Å². The number of rotatable bonds is 23. The SMILES string of the molecule is CC/C=C\C/C=C\C/C=C\C/C=C\C/C=C\C/C=C\CCC(=O)OC1C(=O)C2(C)C(O)C[C@H]3OC[C@@]3(OC(C)=O)[C@H]2[C@H](OC(=O)c2ccccc2)C2(O)C[C@@]3(OC(=O)[C@H](O)C(NC(=O)OC(C)(C)C)c4ccccc4)C(C)=C1C23C. The minimum Gasteiger partial charge on any atom is -0.455 e. The molecule has 80 heavy (non-hydrogen) atoms. The lowest BCUT2D eigenvalue weighted by Gasteiger charge is -2.78. The quantitative estimate of drug-likeness (QED) is 0.0461. The number of carbonyl (C=O) groups excluding carboxylic acids is 6. The number of esters is 4. The van der Waals surface area contributed by atoms with Gasteiger partial charge < -0.3 is 49.1 Å². The Kier molecular flexibility index (Phi) is 19.3. The van der Waals surface area contributed by atoms with Crippen LogP contribution in [0.15, 0.2) is 145 Å². The highest BCUT2D eigenvalue weighted by atomic mass is 16.6. The Hall–Kier alpha value is -6.72. The van der Waals surface area contributed by atoms with Crippen LogP contribution in [-0.4, -0.2) is 111 Å². The highest BCUT2D eigenvalue weighted by Crippen LogP contribution is 2.78. The molecule has 12 atom stereocenters. The molecule has 5 aliphatic rings. The van der Waals surface area contributed by atoms with Crippen molar-refractivity contribution in [3.8, 4) is 0 Å². The van der Waals surface area contributed by atoms with E-state index in [1.54, 1.807) is 76.2 Å². The Labute approximate surface area is 469 Å². The van der Waals surface area contributed by atoms with Gasteiger partial charge in [-0.15, -0.1) is 0 Å². The summed E-state index contributed by atoms with van der Waals surface area (Å²) in [5.41, 5.74) is -10.4. The zero-order valence-electron chi connectivity index (χ0n) is 47.3. The molecule has 0 spiro atoms. The highest BCUT2D eigenvalue weighted by molar-refractivity contribution is 5.97. The molecule has 4 N–H and O–H groups in total. The van der Waals surface area contributed by atoms with Gasteiger partial charge in [-0.3, -0.25) is 14.4 Å². The van der Waals surface area contributed by atoms with Crippen LogP contribution in [0.1, 0.15) is 142 Å². The van der Waals surface area contributed by atoms with Gasteiger partial charge in [0, 0.05) is 26.2 Å². The molecule has 1 saturated heterocycles. The summed E-state index contributed by atoms with van der Waals surface area (Å²) in [6, 6.07) is 14.7. The number of aliphatic hydroxyl groups is 3. The third kappa shape index (κ3) is 12.0. The number of alkyl carbamates (subject to hydrolysis) is 1. The van der Waals surface area contributed by atoms with Gasteiger partial charge in [-0.1, -0.05) is 128 Å². The fourth-order valence-electron chi connectivity index (χ4n) is 12.5. The van der Waals surface area contributed by atoms with E-state index < -0.39 is 118 Å². The normalized spacial score (nSPS) is 30.6. The Morgan fingerprint density at radius 2 is 1.35 bits per heavy atom. The topological polar surface area (TPSA) is 231 Å². The van der Waals surface area contributed by atoms with Crippen molar-refractivity contribution >= 4 is 35.8 Å². The van der Waals surface area contributed by atoms with Crippen LogP contribution in [0.4, 0.5) is 4.79 Å². The second kappa shape index (κ2) is 25.4. The summed E-state index contributed by atoms with van der Waals surface area (Å²) >= 11 is 0. The number of aliphatic hydroxyl groups excluding tert-OH is 2. The Balaban J connectivity index is 1.18. The summed E-state index contributed by atoms with van der Waals surface area (Å²) in [6.07, 6.45) is 20.1. The maximum absolute atomic E-state index is 15.9. The first-order chi connectivity index (χ1) is 38.0. The van der Waals surface area contributed by atoms with E-state index in [0.717, 1.165) is 39.0 Å². The smallest absolute Gasteiger partial charge is 0.408 e. The summed E-state index contributed by atoms with van der Waals surface area (Å²) in [5.74, 6) is -6.16. The van der Waals surface area contributed by atoms with Crippen LogP contribution in [0.2, 0.25) is 0 Å². The zero-order chi connectivity index (χ0) is 58.1. The van der Waals surface area contributed by atoms with Crippen molar-refractivity contribution in [2.24, 2.45) is 16.7 Å². The molecule has 16 nitrogen and oxygen atoms in total. The second-order valence-corrected chi connectivity index (χ2v) is 22.7. The molecule has 0 radical (unpaired) electrons. The molecule has 0 aromatic heterocycles. The Morgan fingerprint density at radius 3 is 1.88 bits per heavy atom. The average Bonchev–Trinajstić information content (AvgIpc) is 3.55. The van der Waals surface area contributed by atoms with Crippen molar-refractivity contribution < 1.29 is 72.5 Å². The molecule has 7 rings (SSSR count). The van der Waals surface area contributed by atoms with E-state index in [-0.39, 0.29) is 42.6 Å². The highest BCUT2D eigenvalue weighted by Gasteiger charge is 2.90. The van der Waals surface area contributed by atoms with E-state index in [1.165, 1.54) is 26.0 Å². The lowest BCUT2D eigenvalue weighted by molar-refractivity contribution is -0.376. The molecule has 2 aromatic rings. The lowest BCUT2D eigenvalue weighted by atomic mass is 9.30. The number of benzene rings is 2. The van der Waals surface area contributed by atoms with Crippen molar-refractivity contribution in [3.63, 3.8) is 0 Å². The largest absolute Gasteiger partial charge is 0.455 e. The number of hydrogen-bond donors (Lipinski definition) is 4. The summed E-state index contributed by atoms with van der Waals surface area (Å²) in [6.45, 7) is 12.4. The number of ether oxygens (including phenoxy) is 6. The third-order valence-electron chi connectivity index (χ3n) is 16.5. The standard InChI is InChI=1S/C64H79NO15/c1-9-10-11-12-13-14-15-16-17-18-19-20-21-22-23-24-25-26-33-38-48(68)76-52-49-42(2)64(79-57(72)51(69)50(44-34-29-27-30-35-44)65-58(73)80-59(4,5)6)40-63(74,61(49,64)8)55(77-56(71)45-36-31-28-32-37-45)53-60(7,54(52)70)46(67)39-47-62(53,41-75-47)78-43(3)66/h10-11,13-14,16-17,19-20,22-23,25-32,34-37,46-47,50-53,55,67,69,74H,9,12,15,18,21,24,33,38-41H2,1-8H3,(H,65,73)/b11-10-,14-13-,17-16-,20-19-,23-22-,26-25-/t46?,47-,50?,51-,52?,53+,55+,60?,61?,62+,63?,64-/m1/s1. The monoisotopic (exact) mass is 1100 g/mol. The van der Waals surface area contributed by atoms with Crippen LogP contribution in [0.3, 0.4) is 0 Å². The molecule has 0 bridgehead atoms. The maximum atomic E-state index is 15.9. The van der Waals surface area contributed by atoms with E-state index >= 15 is 4.79 Å². The van der Waals surface area contributed by atoms with Crippen LogP contribution in [0, 0.1) is 16.7 Å². The number of amides is 1. The molecule has 6 unspecified atom stereocenters. The predicted molar refractivity (Wildman–Crippen MR) is 298 cm³/mol. The summed E-state index contributed by atoms with van der Waals surface area (Å²) in [7, 11) is 0. The molecule has 16 heteroatoms. The number of hydrogen-bond acceptors (Lipinski definition) is 15. The van der Waals surface area contributed by atoms with Crippen molar-refractivity contribution in [2.45, 2.75) is 179 Å². The van der Waals surface area contributed by atoms with Gasteiger partial charge in [-0.05, 0) is 115 Å². The van der Waals surface area contributed by atoms with E-state index in [2.05, 4.69) is 60.8 Å². The van der Waals surface area contributed by atoms with E-state index in [1.807, 2.05) is 24.3 Å². The average molecular weight is 1100 g/mol. The Morgan fingerprint density at radius 1 is 0.800 bits per heavy atom. The van der Waals surface area contributed by atoms with Gasteiger partial charge in [-0.25, -0.2) is 14.4 Å². The number of nitrogens with one attached hydrogen (secondary N) is 1. The molecule has 1 aliphatic heterocycles. The molecule has 430 valence electrons. The molecule has 4 fully saturated rings. The Bertz CT molecular complexity index is 2810. The van der Waals surface area contributed by atoms with Gasteiger partial charge in [0.15, 0.2) is 23.6 Å². The number of Topliss-reactive ketones (excluding diaryl/α,β-unsaturated/α-hetero) is 1. The van der Waals surface area contributed by atoms with Crippen molar-refractivity contribution in [2.75, 3.05) is 6.61 Å². The van der Waals surface area contributed by atoms with E-state index in [4.69, 9.17) is 28.4 Å². The summed E-state index contributed by atoms with van der Waals surface area (Å²) in [5, 5.41) is 40.6. The minimum absolute atomic E-state index is 0.0356. The first-order valence-electron chi connectivity index (χ1n) is 27.8. The van der Waals surface area contributed by atoms with Gasteiger partial charge in [-0.2, -0.15) is 0 Å². The zero-order valence-corrected chi connectivity index (χ0v) is 47.3. The van der Waals surface area contributed by atoms with Crippen LogP contribution in [0.25, 0.3) is 0 Å². The van der Waals surface area contributed by atoms with Gasteiger partial charge in [0.2, 0.25) is 0 Å². The third-order valence-corrected chi connectivity index (χ3v) is 16.5. The first kappa shape index (κ1) is 60.9. The summed E-state index contributed by atoms with van der Waals surface area (Å²) < 4.78 is 36.7. The summed E-state index contributed by atoms with van der Waals surface area (Å²) in [4.78, 5) is 85.6. The number of carbonyl (C=O) groups is 6. The fraction of sp³-hybridized carbons (Fsp3) is 0.500. The van der Waals surface area contributed by atoms with Gasteiger partial charge in [0.05, 0.1) is 41.1 Å². The molecule has 4 aliphatic carbocycles. The molecule has 1 amide bonds. The number of allylic oxidation sites excluding steroid dienone is 12. The minimum atomic E-state index is -2.35. The number of ketones is 1. The van der Waals surface area contributed by atoms with E-state index in [0.29, 0.717) is 12.0 Å². The lowest BCUT2D eigenvalue weighted by Crippen LogP contribution is -2.90. The van der Waals surface area contributed by atoms with Crippen molar-refractivity contribution in [1.29, 1.82) is 0 Å². The fourth-order valence-corrected chi connectivity index (χ4v) is 12.5. The molecule has 2 aromatic carbocycles. The molecule has 3 saturated carbocycles. The maximum Gasteiger partial charge on any atom is 0.408 e. The van der Waals surface area contributed by atoms with Crippen LogP contribution in [-0.2, 0) is 47.6 Å². The predicted octanol–water partition coefficient (Wildman–Crippen LogP) is 9.65. The van der Waals surface area contributed by atoms with E-state index in [9.17, 15) is 39.3 Å². The second-order valence-electron chi connectivity index (χ2n) is 22.7. The number of fused-ring (bicyclic) bond motifs is 3. The van der Waals surface area contributed by atoms with Gasteiger partial charge in [0.25, 0.3) is 0 Å². The van der Waals surface area contributed by atoms with Crippen molar-refractivity contribution in [1.82, 2.24) is 5.32 Å². The van der Waals surface area contributed by atoms with Crippen LogP contribution >= 0.6 is 0 Å². The first-order valence-corrected chi connectivity index (χ1v) is 27.8. The van der Waals surface area contributed by atoms with Crippen LogP contribution in [0.5, 0.6) is 0 Å². The van der Waals surface area contributed by atoms with Gasteiger partial charge in [0.1, 0.15) is 29.0 Å². The van der Waals surface area contributed by atoms with Crippen molar-refractivity contribution in [3.05, 3.63) is 156 Å². The molecule has 1 heterocycles.